The molecular weight excluding hydrogens is 1000 g/mol. The monoisotopic (exact) mass is 1100 g/mol. The van der Waals surface area contributed by atoms with Crippen molar-refractivity contribution in [3.8, 4) is 0 Å². The summed E-state index contributed by atoms with van der Waals surface area (Å²) in [5.74, 6) is -2.07. The highest BCUT2D eigenvalue weighted by Gasteiger charge is 2.50. The van der Waals surface area contributed by atoms with Crippen molar-refractivity contribution in [2.75, 3.05) is 67.8 Å². The summed E-state index contributed by atoms with van der Waals surface area (Å²) in [5.41, 5.74) is 5.25. The van der Waals surface area contributed by atoms with Gasteiger partial charge in [0, 0.05) is 90.3 Å². The van der Waals surface area contributed by atoms with Gasteiger partial charge < -0.3 is 58.9 Å². The number of carbonyl (C=O) groups is 1. The topological polar surface area (TPSA) is 225 Å². The van der Waals surface area contributed by atoms with Crippen molar-refractivity contribution in [1.82, 2.24) is 19.4 Å². The van der Waals surface area contributed by atoms with Crippen LogP contribution in [0, 0.1) is 29.2 Å². The summed E-state index contributed by atoms with van der Waals surface area (Å²) in [6.07, 6.45) is 7.00. The highest BCUT2D eigenvalue weighted by molar-refractivity contribution is 7.93. The van der Waals surface area contributed by atoms with Gasteiger partial charge in [-0.05, 0) is 118 Å². The molecule has 20 heteroatoms. The lowest BCUT2D eigenvalue weighted by atomic mass is 9.70. The average Bonchev–Trinajstić information content (AvgIpc) is 3.93. The Hall–Kier alpha value is -2.73. The maximum atomic E-state index is 14.7. The number of likely N-dealkylation sites (N-methyl/N-ethyl adjacent to an activating group) is 1. The highest BCUT2D eigenvalue weighted by Crippen LogP contribution is 2.43. The van der Waals surface area contributed by atoms with Crippen LogP contribution in [-0.2, 0) is 43.2 Å². The first-order valence-electron chi connectivity index (χ1n) is 27.8. The van der Waals surface area contributed by atoms with Gasteiger partial charge in [-0.2, -0.15) is 9.42 Å². The molecule has 76 heavy (non-hydrogen) atoms. The van der Waals surface area contributed by atoms with Crippen LogP contribution in [-0.4, -0.2) is 189 Å². The molecule has 4 heterocycles. The van der Waals surface area contributed by atoms with Crippen molar-refractivity contribution < 1.29 is 61.3 Å². The molecule has 4 saturated heterocycles. The lowest BCUT2D eigenvalue weighted by molar-refractivity contribution is -0.228. The van der Waals surface area contributed by atoms with Gasteiger partial charge in [0.2, 0.25) is 10.0 Å². The Bertz CT molecular complexity index is 2080. The Morgan fingerprint density at radius 3 is 2.30 bits per heavy atom. The number of carbonyl (C=O) groups excluding carboxylic acids is 1. The summed E-state index contributed by atoms with van der Waals surface area (Å²) in [7, 11) is 3.31. The number of nitrogens with one attached hydrogen (secondary N) is 2. The molecule has 438 valence electrons. The van der Waals surface area contributed by atoms with Crippen molar-refractivity contribution in [3.63, 3.8) is 0 Å². The molecule has 0 aromatic rings. The predicted molar refractivity (Wildman–Crippen MR) is 292 cm³/mol. The molecule has 0 radical (unpaired) electrons. The standard InChI is InChI=1S/C56H99FN6O12S/c1-16-43(21-20-40(7)76(68,69)63-23-18-19-24-63)51(70-14)46(32-57)59-33-44(60-58)22-25-61(12)45-26-38(5)74-49(27-45)72-35-56(67)28-36(3)34-62(13)42(9)52(64)55(11,66)48(17-2)75-53(65)41(8)50(37(4)29-56)47-31-54(10,71-15)30-39(6)73-47/h16,20-21,33,36-39,41-42,45-52,58-59,64,66-67H,7,17-19,22-32,34-35H2,1-6,8-15H3/b21-20-,43-16+,44-33-,60-58?/t36-,37-,38-,39+,41-,42-,45+,46-,47?,48-,49-,50+,51-,52-,54+,55-,56-/m1/s1. The Morgan fingerprint density at radius 1 is 1.04 bits per heavy atom. The van der Waals surface area contributed by atoms with E-state index in [1.165, 1.54) is 30.6 Å². The first kappa shape index (κ1) is 65.8. The number of ether oxygens (including phenoxy) is 6. The maximum Gasteiger partial charge on any atom is 0.309 e. The fourth-order valence-electron chi connectivity index (χ4n) is 12.4. The molecule has 0 aliphatic carbocycles. The molecule has 4 aliphatic rings. The van der Waals surface area contributed by atoms with Gasteiger partial charge in [0.25, 0.3) is 0 Å². The van der Waals surface area contributed by atoms with Crippen LogP contribution >= 0.6 is 0 Å². The van der Waals surface area contributed by atoms with Crippen LogP contribution in [0.25, 0.3) is 0 Å². The lowest BCUT2D eigenvalue weighted by Crippen LogP contribution is -2.59. The molecule has 1 unspecified atom stereocenters. The Labute approximate surface area is 455 Å². The average molecular weight is 1100 g/mol. The third-order valence-electron chi connectivity index (χ3n) is 16.9. The van der Waals surface area contributed by atoms with Crippen LogP contribution in [0.2, 0.25) is 0 Å². The van der Waals surface area contributed by atoms with Gasteiger partial charge in [-0.25, -0.2) is 18.3 Å². The number of sulfonamides is 1. The lowest BCUT2D eigenvalue weighted by Gasteiger charge is -2.47. The summed E-state index contributed by atoms with van der Waals surface area (Å²) in [6, 6.07) is -1.41. The van der Waals surface area contributed by atoms with E-state index in [4.69, 9.17) is 34.0 Å². The van der Waals surface area contributed by atoms with E-state index in [9.17, 15) is 32.9 Å². The SMILES string of the molecule is C=C(/C=C\C(=C/C)[C@@H](OC)[C@@H](CF)N/C=C(/CCN(C)[C@@H]1C[C@H](OC[C@@]2(O)C[C@@H](C)CN(C)[C@H](C)[C@@H](O)[C@](C)(O)[C@@H](CC)OC(=O)[C@H](C)[C@@H](C3C[C@@](C)(OC)C[C@H](C)O3)[C@H](C)C2)O[C@H](C)C1)N=N)S(=O)(=O)N1CCCC1. The second kappa shape index (κ2) is 29.1. The van der Waals surface area contributed by atoms with Crippen LogP contribution in [0.1, 0.15) is 133 Å². The summed E-state index contributed by atoms with van der Waals surface area (Å²) >= 11 is 0. The smallest absolute Gasteiger partial charge is 0.309 e. The van der Waals surface area contributed by atoms with Crippen molar-refractivity contribution in [2.45, 2.75) is 211 Å². The number of aliphatic hydroxyl groups is 3. The van der Waals surface area contributed by atoms with Crippen LogP contribution in [0.3, 0.4) is 0 Å². The zero-order chi connectivity index (χ0) is 56.9. The minimum absolute atomic E-state index is 0.00106. The number of halogens is 1. The Balaban J connectivity index is 1.52. The third-order valence-corrected chi connectivity index (χ3v) is 18.8. The molecule has 4 rings (SSSR count). The maximum absolute atomic E-state index is 14.7. The summed E-state index contributed by atoms with van der Waals surface area (Å²) < 4.78 is 79.8. The van der Waals surface area contributed by atoms with Crippen molar-refractivity contribution in [2.24, 2.45) is 28.8 Å². The van der Waals surface area contributed by atoms with Crippen molar-refractivity contribution in [1.29, 1.82) is 5.53 Å². The van der Waals surface area contributed by atoms with Crippen LogP contribution in [0.15, 0.2) is 52.3 Å². The van der Waals surface area contributed by atoms with Crippen molar-refractivity contribution >= 4 is 16.0 Å². The molecular formula is C56H99FN6O12S. The van der Waals surface area contributed by atoms with Gasteiger partial charge in [0.05, 0.1) is 58.7 Å². The van der Waals surface area contributed by atoms with Gasteiger partial charge in [-0.3, -0.25) is 4.79 Å². The third kappa shape index (κ3) is 17.4. The number of aliphatic hydroxyl groups excluding tert-OH is 1. The van der Waals surface area contributed by atoms with Gasteiger partial charge in [0.1, 0.15) is 30.6 Å². The first-order chi connectivity index (χ1) is 35.6. The first-order valence-corrected chi connectivity index (χ1v) is 29.2. The molecule has 18 nitrogen and oxygen atoms in total. The number of hydrogen-bond donors (Lipinski definition) is 5. The largest absolute Gasteiger partial charge is 0.459 e. The number of esters is 1. The number of cyclic esters (lactones) is 1. The second-order valence-corrected chi connectivity index (χ2v) is 25.4. The minimum Gasteiger partial charge on any atom is -0.459 e. The number of methoxy groups -OCH3 is 2. The molecule has 0 saturated carbocycles. The van der Waals surface area contributed by atoms with Gasteiger partial charge >= 0.3 is 5.97 Å². The van der Waals surface area contributed by atoms with E-state index in [2.05, 4.69) is 35.8 Å². The molecule has 0 bridgehead atoms. The van der Waals surface area contributed by atoms with Gasteiger partial charge in [-0.1, -0.05) is 46.4 Å². The number of alkyl halides is 1. The molecule has 4 fully saturated rings. The Kier molecular flexibility index (Phi) is 25.2. The number of hydrogen-bond acceptors (Lipinski definition) is 17. The molecule has 5 N–H and O–H groups in total. The molecule has 0 aromatic carbocycles. The number of rotatable bonds is 21. The van der Waals surface area contributed by atoms with E-state index < -0.39 is 94.1 Å². The molecule has 0 aromatic heterocycles. The van der Waals surface area contributed by atoms with Crippen molar-refractivity contribution in [3.05, 3.63) is 47.2 Å². The zero-order valence-corrected chi connectivity index (χ0v) is 49.3. The van der Waals surface area contributed by atoms with E-state index in [0.29, 0.717) is 76.0 Å². The van der Waals surface area contributed by atoms with Crippen LogP contribution in [0.4, 0.5) is 4.39 Å². The van der Waals surface area contributed by atoms with E-state index in [1.54, 1.807) is 26.2 Å². The van der Waals surface area contributed by atoms with E-state index in [-0.39, 0.29) is 54.4 Å². The van der Waals surface area contributed by atoms with E-state index >= 15 is 0 Å². The molecule has 17 atom stereocenters. The minimum atomic E-state index is -3.71. The fraction of sp³-hybridized carbons (Fsp3) is 0.839. The summed E-state index contributed by atoms with van der Waals surface area (Å²) in [4.78, 5) is 18.5. The van der Waals surface area contributed by atoms with Gasteiger partial charge in [-0.15, -0.1) is 0 Å². The summed E-state index contributed by atoms with van der Waals surface area (Å²) in [6.45, 7) is 23.7. The number of allylic oxidation sites excluding steroid dienone is 2. The Morgan fingerprint density at radius 2 is 1.71 bits per heavy atom. The summed E-state index contributed by atoms with van der Waals surface area (Å²) in [5, 5.41) is 43.4. The number of nitrogens with zero attached hydrogens (tertiary/aromatic N) is 4. The predicted octanol–water partition coefficient (Wildman–Crippen LogP) is 7.25. The van der Waals surface area contributed by atoms with Gasteiger partial charge in [0.15, 0.2) is 6.29 Å². The highest BCUT2D eigenvalue weighted by atomic mass is 32.2. The molecule has 0 spiro atoms. The van der Waals surface area contributed by atoms with E-state index in [0.717, 1.165) is 12.8 Å². The van der Waals surface area contributed by atoms with E-state index in [1.807, 2.05) is 60.5 Å². The quantitative estimate of drug-likeness (QED) is 0.0434. The van der Waals surface area contributed by atoms with Crippen LogP contribution in [0.5, 0.6) is 0 Å². The molecule has 0 amide bonds. The zero-order valence-electron chi connectivity index (χ0n) is 48.5. The van der Waals surface area contributed by atoms with Crippen LogP contribution < -0.4 is 5.32 Å². The normalized spacial score (nSPS) is 37.6. The fourth-order valence-corrected chi connectivity index (χ4v) is 13.7. The second-order valence-electron chi connectivity index (χ2n) is 23.4. The molecule has 4 aliphatic heterocycles.